The van der Waals surface area contributed by atoms with Crippen LogP contribution in [0.25, 0.3) is 10.2 Å². The van der Waals surface area contributed by atoms with Crippen LogP contribution in [0.1, 0.15) is 43.2 Å². The highest BCUT2D eigenvalue weighted by molar-refractivity contribution is 7.22. The molecule has 3 heterocycles. The number of para-hydroxylation sites is 1. The number of piperazine rings is 1. The molecule has 5 nitrogen and oxygen atoms in total. The lowest BCUT2D eigenvalue weighted by molar-refractivity contribution is -0.121. The number of aromatic nitrogens is 1. The molecule has 3 aliphatic rings. The summed E-state index contributed by atoms with van der Waals surface area (Å²) in [5.41, 5.74) is 4.62. The van der Waals surface area contributed by atoms with Gasteiger partial charge in [-0.1, -0.05) is 42.0 Å². The molecule has 2 aliphatic heterocycles. The van der Waals surface area contributed by atoms with Crippen molar-refractivity contribution in [1.29, 1.82) is 0 Å². The summed E-state index contributed by atoms with van der Waals surface area (Å²) in [4.78, 5) is 22.8. The summed E-state index contributed by atoms with van der Waals surface area (Å²) in [5, 5.41) is 4.34. The van der Waals surface area contributed by atoms with Crippen LogP contribution < -0.4 is 10.2 Å². The second kappa shape index (κ2) is 8.16. The van der Waals surface area contributed by atoms with Crippen molar-refractivity contribution in [2.45, 2.75) is 43.9 Å². The average Bonchev–Trinajstić information content (AvgIpc) is 3.38. The maximum Gasteiger partial charge on any atom is 0.235 e. The minimum atomic E-state index is -0.268. The molecule has 0 bridgehead atoms. The zero-order valence-corrected chi connectivity index (χ0v) is 19.3. The van der Waals surface area contributed by atoms with Crippen molar-refractivity contribution in [1.82, 2.24) is 9.88 Å². The number of aryl methyl sites for hydroxylation is 1. The smallest absolute Gasteiger partial charge is 0.235 e. The number of amides is 1. The lowest BCUT2D eigenvalue weighted by atomic mass is 9.68. The first-order valence-corrected chi connectivity index (χ1v) is 12.8. The van der Waals surface area contributed by atoms with E-state index in [1.807, 2.05) is 0 Å². The van der Waals surface area contributed by atoms with Crippen molar-refractivity contribution in [2.75, 3.05) is 42.9 Å². The summed E-state index contributed by atoms with van der Waals surface area (Å²) in [5.74, 6) is 0.240. The number of rotatable bonds is 6. The summed E-state index contributed by atoms with van der Waals surface area (Å²) >= 11 is 1.80. The Morgan fingerprint density at radius 1 is 1.03 bits per heavy atom. The molecule has 3 aromatic rings. The Bertz CT molecular complexity index is 1120. The van der Waals surface area contributed by atoms with Crippen LogP contribution >= 0.6 is 11.3 Å². The first-order chi connectivity index (χ1) is 15.7. The van der Waals surface area contributed by atoms with Crippen LogP contribution in [0.3, 0.4) is 0 Å². The van der Waals surface area contributed by atoms with E-state index in [1.165, 1.54) is 15.8 Å². The molecule has 1 fully saturated rings. The van der Waals surface area contributed by atoms with Crippen molar-refractivity contribution in [2.24, 2.45) is 0 Å². The van der Waals surface area contributed by atoms with E-state index >= 15 is 0 Å². The standard InChI is InChI=1S/C26H30N4OS/c31-24-26(13-6-8-19-7-5-10-21(27-24)23(19)26)12-3-4-14-29-15-17-30(18-16-29)25-28-20-9-1-2-11-22(20)32-25/h1-2,5,7,9-11H,3-4,6,8,12-18H2,(H,27,31). The molecule has 2 aromatic carbocycles. The maximum absolute atomic E-state index is 13.0. The number of hydrogen-bond acceptors (Lipinski definition) is 5. The van der Waals surface area contributed by atoms with Crippen molar-refractivity contribution in [3.8, 4) is 0 Å². The zero-order valence-electron chi connectivity index (χ0n) is 18.5. The van der Waals surface area contributed by atoms with Crippen LogP contribution in [0.5, 0.6) is 0 Å². The third-order valence-electron chi connectivity index (χ3n) is 7.62. The summed E-state index contributed by atoms with van der Waals surface area (Å²) in [6.07, 6.45) is 6.49. The summed E-state index contributed by atoms with van der Waals surface area (Å²) < 4.78 is 1.27. The molecule has 1 saturated heterocycles. The lowest BCUT2D eigenvalue weighted by Gasteiger charge is -2.35. The van der Waals surface area contributed by atoms with Gasteiger partial charge in [0, 0.05) is 31.9 Å². The minimum absolute atomic E-state index is 0.240. The van der Waals surface area contributed by atoms with Gasteiger partial charge in [0.25, 0.3) is 0 Å². The highest BCUT2D eigenvalue weighted by atomic mass is 32.1. The van der Waals surface area contributed by atoms with E-state index in [4.69, 9.17) is 4.98 Å². The first-order valence-electron chi connectivity index (χ1n) is 12.0. The molecule has 0 spiro atoms. The number of nitrogens with zero attached hydrogens (tertiary/aromatic N) is 3. The number of fused-ring (bicyclic) bond motifs is 1. The topological polar surface area (TPSA) is 48.5 Å². The molecular weight excluding hydrogens is 416 g/mol. The zero-order chi connectivity index (χ0) is 21.5. The number of hydrogen-bond donors (Lipinski definition) is 1. The van der Waals surface area contributed by atoms with Crippen LogP contribution in [-0.2, 0) is 16.6 Å². The molecule has 1 atom stereocenters. The number of benzene rings is 2. The third-order valence-corrected chi connectivity index (χ3v) is 8.71. The molecule has 1 aliphatic carbocycles. The SMILES string of the molecule is O=C1Nc2cccc3c2C1(CCCCN1CCN(c2nc4ccccc4s2)CC1)CCC3. The van der Waals surface area contributed by atoms with Crippen LogP contribution in [0, 0.1) is 0 Å². The Balaban J connectivity index is 1.02. The molecular formula is C26H30N4OS. The van der Waals surface area contributed by atoms with Crippen molar-refractivity contribution >= 4 is 38.3 Å². The van der Waals surface area contributed by atoms with E-state index < -0.39 is 0 Å². The first kappa shape index (κ1) is 20.2. The average molecular weight is 447 g/mol. The minimum Gasteiger partial charge on any atom is -0.345 e. The van der Waals surface area contributed by atoms with Crippen LogP contribution in [0.15, 0.2) is 42.5 Å². The molecule has 6 heteroatoms. The second-order valence-corrected chi connectivity index (χ2v) is 10.5. The summed E-state index contributed by atoms with van der Waals surface area (Å²) in [7, 11) is 0. The molecule has 6 rings (SSSR count). The van der Waals surface area contributed by atoms with Crippen LogP contribution in [-0.4, -0.2) is 48.5 Å². The fourth-order valence-electron chi connectivity index (χ4n) is 5.94. The quantitative estimate of drug-likeness (QED) is 0.552. The normalized spacial score (nSPS) is 22.9. The van der Waals surface area contributed by atoms with Crippen LogP contribution in [0.2, 0.25) is 0 Å². The lowest BCUT2D eigenvalue weighted by Crippen LogP contribution is -2.46. The van der Waals surface area contributed by atoms with Gasteiger partial charge in [-0.2, -0.15) is 0 Å². The van der Waals surface area contributed by atoms with Gasteiger partial charge in [-0.25, -0.2) is 4.98 Å². The Morgan fingerprint density at radius 3 is 2.78 bits per heavy atom. The Labute approximate surface area is 193 Å². The van der Waals surface area contributed by atoms with Crippen molar-refractivity contribution in [3.63, 3.8) is 0 Å². The van der Waals surface area contributed by atoms with Gasteiger partial charge in [-0.05, 0) is 68.0 Å². The molecule has 1 N–H and O–H groups in total. The predicted molar refractivity (Wildman–Crippen MR) is 132 cm³/mol. The van der Waals surface area contributed by atoms with Gasteiger partial charge >= 0.3 is 0 Å². The monoisotopic (exact) mass is 446 g/mol. The fourth-order valence-corrected chi connectivity index (χ4v) is 6.95. The van der Waals surface area contributed by atoms with E-state index in [0.717, 1.165) is 87.6 Å². The highest BCUT2D eigenvalue weighted by Gasteiger charge is 2.48. The summed E-state index contributed by atoms with van der Waals surface area (Å²) in [6, 6.07) is 14.8. The van der Waals surface area contributed by atoms with E-state index in [0.29, 0.717) is 0 Å². The van der Waals surface area contributed by atoms with Gasteiger partial charge in [-0.15, -0.1) is 0 Å². The molecule has 1 unspecified atom stereocenters. The maximum atomic E-state index is 13.0. The molecule has 0 saturated carbocycles. The Hall–Kier alpha value is -2.44. The molecule has 1 amide bonds. The van der Waals surface area contributed by atoms with E-state index in [9.17, 15) is 4.79 Å². The number of unbranched alkanes of at least 4 members (excludes halogenated alkanes) is 1. The molecule has 1 aromatic heterocycles. The molecule has 32 heavy (non-hydrogen) atoms. The number of anilines is 2. The van der Waals surface area contributed by atoms with Crippen LogP contribution in [0.4, 0.5) is 10.8 Å². The van der Waals surface area contributed by atoms with E-state index in [1.54, 1.807) is 11.3 Å². The Kier molecular flexibility index (Phi) is 5.15. The number of thiazole rings is 1. The number of nitrogens with one attached hydrogen (secondary N) is 1. The largest absolute Gasteiger partial charge is 0.345 e. The van der Waals surface area contributed by atoms with Gasteiger partial charge in [0.15, 0.2) is 5.13 Å². The second-order valence-electron chi connectivity index (χ2n) is 9.48. The van der Waals surface area contributed by atoms with Gasteiger partial charge in [0.2, 0.25) is 5.91 Å². The van der Waals surface area contributed by atoms with Gasteiger partial charge < -0.3 is 10.2 Å². The molecule has 0 radical (unpaired) electrons. The summed E-state index contributed by atoms with van der Waals surface area (Å²) in [6.45, 7) is 5.40. The van der Waals surface area contributed by atoms with Crippen molar-refractivity contribution in [3.05, 3.63) is 53.6 Å². The van der Waals surface area contributed by atoms with E-state index in [-0.39, 0.29) is 11.3 Å². The number of carbonyl (C=O) groups is 1. The highest BCUT2D eigenvalue weighted by Crippen LogP contribution is 2.49. The van der Waals surface area contributed by atoms with Gasteiger partial charge in [0.05, 0.1) is 15.6 Å². The third kappa shape index (κ3) is 3.41. The van der Waals surface area contributed by atoms with Gasteiger partial charge in [0.1, 0.15) is 0 Å². The Morgan fingerprint density at radius 2 is 1.91 bits per heavy atom. The predicted octanol–water partition coefficient (Wildman–Crippen LogP) is 4.82. The van der Waals surface area contributed by atoms with Crippen molar-refractivity contribution < 1.29 is 4.79 Å². The number of carbonyl (C=O) groups excluding carboxylic acids is 1. The van der Waals surface area contributed by atoms with Gasteiger partial charge in [-0.3, -0.25) is 9.69 Å². The molecule has 166 valence electrons. The fraction of sp³-hybridized carbons (Fsp3) is 0.462. The van der Waals surface area contributed by atoms with E-state index in [2.05, 4.69) is 57.6 Å².